The Labute approximate surface area is 110 Å². The third kappa shape index (κ3) is 3.07. The van der Waals surface area contributed by atoms with Crippen molar-refractivity contribution in [3.05, 3.63) is 29.6 Å². The summed E-state index contributed by atoms with van der Waals surface area (Å²) in [5.41, 5.74) is 7.92. The lowest BCUT2D eigenvalue weighted by Gasteiger charge is -2.42. The van der Waals surface area contributed by atoms with E-state index in [1.807, 2.05) is 6.20 Å². The van der Waals surface area contributed by atoms with E-state index in [4.69, 9.17) is 5.73 Å². The summed E-state index contributed by atoms with van der Waals surface area (Å²) in [6.45, 7) is 8.35. The van der Waals surface area contributed by atoms with E-state index in [-0.39, 0.29) is 0 Å². The molecule has 1 fully saturated rings. The van der Waals surface area contributed by atoms with Gasteiger partial charge >= 0.3 is 0 Å². The average molecular weight is 248 g/mol. The minimum Gasteiger partial charge on any atom is -0.325 e. The third-order valence-corrected chi connectivity index (χ3v) is 3.93. The second-order valence-electron chi connectivity index (χ2n) is 5.42. The standard InChI is InChI=1S/C14H24N4/c1-11-8-18(9-12(2)17(11)3)10-13-4-5-16-14(6-13)7-15/h4-6,11-12H,7-10,15H2,1-3H3. The van der Waals surface area contributed by atoms with E-state index < -0.39 is 0 Å². The maximum Gasteiger partial charge on any atom is 0.0542 e. The minimum atomic E-state index is 0.517. The van der Waals surface area contributed by atoms with Gasteiger partial charge in [-0.1, -0.05) is 0 Å². The van der Waals surface area contributed by atoms with Crippen LogP contribution >= 0.6 is 0 Å². The number of hydrogen-bond acceptors (Lipinski definition) is 4. The highest BCUT2D eigenvalue weighted by Crippen LogP contribution is 2.16. The van der Waals surface area contributed by atoms with Crippen LogP contribution in [-0.2, 0) is 13.1 Å². The molecule has 0 aromatic carbocycles. The van der Waals surface area contributed by atoms with Crippen LogP contribution < -0.4 is 5.73 Å². The molecular formula is C14H24N4. The molecule has 0 spiro atoms. The van der Waals surface area contributed by atoms with E-state index in [0.29, 0.717) is 18.6 Å². The van der Waals surface area contributed by atoms with E-state index >= 15 is 0 Å². The molecule has 1 aromatic rings. The lowest BCUT2D eigenvalue weighted by atomic mass is 10.1. The first-order valence-corrected chi connectivity index (χ1v) is 6.68. The topological polar surface area (TPSA) is 45.4 Å². The Morgan fingerprint density at radius 1 is 1.33 bits per heavy atom. The van der Waals surface area contributed by atoms with Gasteiger partial charge in [-0.25, -0.2) is 0 Å². The van der Waals surface area contributed by atoms with Gasteiger partial charge in [0.05, 0.1) is 5.69 Å². The molecule has 1 aliphatic heterocycles. The van der Waals surface area contributed by atoms with Gasteiger partial charge in [0, 0.05) is 44.5 Å². The predicted octanol–water partition coefficient (Wildman–Crippen LogP) is 1.06. The first-order valence-electron chi connectivity index (χ1n) is 6.68. The second kappa shape index (κ2) is 5.78. The number of pyridine rings is 1. The lowest BCUT2D eigenvalue weighted by Crippen LogP contribution is -2.54. The summed E-state index contributed by atoms with van der Waals surface area (Å²) in [6.07, 6.45) is 1.86. The van der Waals surface area contributed by atoms with Crippen molar-refractivity contribution in [2.45, 2.75) is 39.0 Å². The molecule has 2 unspecified atom stereocenters. The molecule has 4 heteroatoms. The zero-order valence-corrected chi connectivity index (χ0v) is 11.6. The fourth-order valence-electron chi connectivity index (χ4n) is 2.64. The van der Waals surface area contributed by atoms with E-state index in [0.717, 1.165) is 25.3 Å². The summed E-state index contributed by atoms with van der Waals surface area (Å²) in [7, 11) is 2.21. The van der Waals surface area contributed by atoms with Crippen molar-refractivity contribution < 1.29 is 0 Å². The number of aromatic nitrogens is 1. The molecule has 2 atom stereocenters. The van der Waals surface area contributed by atoms with Crippen LogP contribution in [-0.4, -0.2) is 47.0 Å². The van der Waals surface area contributed by atoms with Gasteiger partial charge in [0.15, 0.2) is 0 Å². The number of nitrogens with zero attached hydrogens (tertiary/aromatic N) is 3. The summed E-state index contributed by atoms with van der Waals surface area (Å²) < 4.78 is 0. The predicted molar refractivity (Wildman–Crippen MR) is 74.1 cm³/mol. The largest absolute Gasteiger partial charge is 0.325 e. The molecule has 18 heavy (non-hydrogen) atoms. The molecule has 0 radical (unpaired) electrons. The molecular weight excluding hydrogens is 224 g/mol. The SMILES string of the molecule is CC1CN(Cc2ccnc(CN)c2)CC(C)N1C. The molecule has 0 aliphatic carbocycles. The van der Waals surface area contributed by atoms with Gasteiger partial charge < -0.3 is 5.73 Å². The quantitative estimate of drug-likeness (QED) is 0.869. The summed E-state index contributed by atoms with van der Waals surface area (Å²) in [4.78, 5) is 9.21. The van der Waals surface area contributed by atoms with Crippen molar-refractivity contribution in [1.29, 1.82) is 0 Å². The number of piperazine rings is 1. The Morgan fingerprint density at radius 2 is 2.00 bits per heavy atom. The monoisotopic (exact) mass is 248 g/mol. The summed E-state index contributed by atoms with van der Waals surface area (Å²) in [5.74, 6) is 0. The van der Waals surface area contributed by atoms with Gasteiger partial charge in [0.25, 0.3) is 0 Å². The molecule has 2 heterocycles. The normalized spacial score (nSPS) is 26.4. The van der Waals surface area contributed by atoms with Crippen LogP contribution in [0.3, 0.4) is 0 Å². The molecule has 1 aromatic heterocycles. The van der Waals surface area contributed by atoms with Gasteiger partial charge in [-0.15, -0.1) is 0 Å². The van der Waals surface area contributed by atoms with Gasteiger partial charge in [0.2, 0.25) is 0 Å². The number of likely N-dealkylation sites (N-methyl/N-ethyl adjacent to an activating group) is 1. The van der Waals surface area contributed by atoms with E-state index in [1.165, 1.54) is 5.56 Å². The number of hydrogen-bond donors (Lipinski definition) is 1. The zero-order valence-electron chi connectivity index (χ0n) is 11.6. The lowest BCUT2D eigenvalue weighted by molar-refractivity contribution is 0.0556. The first-order chi connectivity index (χ1) is 8.60. The van der Waals surface area contributed by atoms with E-state index in [1.54, 1.807) is 0 Å². The van der Waals surface area contributed by atoms with Crippen LogP contribution in [0.1, 0.15) is 25.1 Å². The maximum absolute atomic E-state index is 5.63. The van der Waals surface area contributed by atoms with Gasteiger partial charge in [-0.3, -0.25) is 14.8 Å². The first kappa shape index (κ1) is 13.5. The highest BCUT2D eigenvalue weighted by atomic mass is 15.3. The highest BCUT2D eigenvalue weighted by molar-refractivity contribution is 5.16. The van der Waals surface area contributed by atoms with E-state index in [2.05, 4.69) is 47.8 Å². The van der Waals surface area contributed by atoms with Crippen LogP contribution in [0.15, 0.2) is 18.3 Å². The highest BCUT2D eigenvalue weighted by Gasteiger charge is 2.26. The van der Waals surface area contributed by atoms with Crippen LogP contribution in [0, 0.1) is 0 Å². The fourth-order valence-corrected chi connectivity index (χ4v) is 2.64. The van der Waals surface area contributed by atoms with Crippen LogP contribution in [0.4, 0.5) is 0 Å². The van der Waals surface area contributed by atoms with Crippen molar-refractivity contribution in [1.82, 2.24) is 14.8 Å². The molecule has 2 N–H and O–H groups in total. The van der Waals surface area contributed by atoms with Crippen molar-refractivity contribution in [3.63, 3.8) is 0 Å². The molecule has 0 bridgehead atoms. The van der Waals surface area contributed by atoms with Crippen molar-refractivity contribution in [2.24, 2.45) is 5.73 Å². The van der Waals surface area contributed by atoms with Crippen LogP contribution in [0.25, 0.3) is 0 Å². The third-order valence-electron chi connectivity index (χ3n) is 3.93. The second-order valence-corrected chi connectivity index (χ2v) is 5.42. The fraction of sp³-hybridized carbons (Fsp3) is 0.643. The number of nitrogens with two attached hydrogens (primary N) is 1. The Morgan fingerprint density at radius 3 is 2.61 bits per heavy atom. The van der Waals surface area contributed by atoms with Gasteiger partial charge in [0.1, 0.15) is 0 Å². The summed E-state index contributed by atoms with van der Waals surface area (Å²) >= 11 is 0. The molecule has 100 valence electrons. The molecule has 2 rings (SSSR count). The van der Waals surface area contributed by atoms with E-state index in [9.17, 15) is 0 Å². The Bertz CT molecular complexity index is 381. The zero-order chi connectivity index (χ0) is 13.1. The number of rotatable bonds is 3. The minimum absolute atomic E-state index is 0.517. The molecule has 1 saturated heterocycles. The smallest absolute Gasteiger partial charge is 0.0542 e. The van der Waals surface area contributed by atoms with Crippen molar-refractivity contribution in [3.8, 4) is 0 Å². The van der Waals surface area contributed by atoms with Crippen molar-refractivity contribution >= 4 is 0 Å². The summed E-state index contributed by atoms with van der Waals surface area (Å²) in [5, 5.41) is 0. The Kier molecular flexibility index (Phi) is 4.32. The van der Waals surface area contributed by atoms with Gasteiger partial charge in [-0.05, 0) is 38.6 Å². The van der Waals surface area contributed by atoms with Crippen molar-refractivity contribution in [2.75, 3.05) is 20.1 Å². The van der Waals surface area contributed by atoms with Crippen LogP contribution in [0.5, 0.6) is 0 Å². The summed E-state index contributed by atoms with van der Waals surface area (Å²) in [6, 6.07) is 5.44. The molecule has 4 nitrogen and oxygen atoms in total. The average Bonchev–Trinajstić information content (AvgIpc) is 2.36. The van der Waals surface area contributed by atoms with Gasteiger partial charge in [-0.2, -0.15) is 0 Å². The molecule has 1 aliphatic rings. The van der Waals surface area contributed by atoms with Crippen LogP contribution in [0.2, 0.25) is 0 Å². The maximum atomic E-state index is 5.63. The molecule has 0 saturated carbocycles. The Hall–Kier alpha value is -0.970. The molecule has 0 amide bonds. The Balaban J connectivity index is 2.00.